The van der Waals surface area contributed by atoms with E-state index in [9.17, 15) is 14.9 Å². The van der Waals surface area contributed by atoms with Crippen LogP contribution in [-0.2, 0) is 0 Å². The topological polar surface area (TPSA) is 76.0 Å². The van der Waals surface area contributed by atoms with Crippen molar-refractivity contribution in [3.05, 3.63) is 74.0 Å². The molecule has 21 heavy (non-hydrogen) atoms. The van der Waals surface area contributed by atoms with Gasteiger partial charge in [0.2, 0.25) is 5.56 Å². The van der Waals surface area contributed by atoms with E-state index in [0.29, 0.717) is 16.1 Å². The van der Waals surface area contributed by atoms with Crippen molar-refractivity contribution in [2.45, 2.75) is 0 Å². The third-order valence-corrected chi connectivity index (χ3v) is 3.43. The van der Waals surface area contributed by atoms with E-state index in [1.54, 1.807) is 30.3 Å². The molecule has 0 aliphatic rings. The number of hydrogen-bond acceptors (Lipinski definition) is 3. The van der Waals surface area contributed by atoms with Crippen molar-refractivity contribution in [2.24, 2.45) is 0 Å². The average Bonchev–Trinajstić information content (AvgIpc) is 2.47. The highest BCUT2D eigenvalue weighted by Crippen LogP contribution is 2.29. The first kappa shape index (κ1) is 13.3. The first-order valence-electron chi connectivity index (χ1n) is 6.12. The van der Waals surface area contributed by atoms with Crippen LogP contribution in [0.3, 0.4) is 0 Å². The Labute approximate surface area is 124 Å². The minimum absolute atomic E-state index is 0.00549. The third-order valence-electron chi connectivity index (χ3n) is 3.19. The minimum atomic E-state index is -0.462. The number of pyridine rings is 1. The van der Waals surface area contributed by atoms with E-state index >= 15 is 0 Å². The molecule has 104 valence electrons. The number of hydrogen-bond donors (Lipinski definition) is 1. The number of halogens is 1. The van der Waals surface area contributed by atoms with Crippen molar-refractivity contribution in [3.8, 4) is 11.1 Å². The number of nitrogens with one attached hydrogen (secondary N) is 1. The zero-order chi connectivity index (χ0) is 15.0. The van der Waals surface area contributed by atoms with Crippen molar-refractivity contribution in [3.63, 3.8) is 0 Å². The second-order valence-electron chi connectivity index (χ2n) is 4.54. The molecule has 1 N–H and O–H groups in total. The second kappa shape index (κ2) is 5.03. The van der Waals surface area contributed by atoms with Gasteiger partial charge in [0.15, 0.2) is 0 Å². The van der Waals surface area contributed by atoms with Crippen LogP contribution in [-0.4, -0.2) is 9.91 Å². The van der Waals surface area contributed by atoms with E-state index in [0.717, 1.165) is 10.9 Å². The Morgan fingerprint density at radius 2 is 1.76 bits per heavy atom. The Morgan fingerprint density at radius 3 is 2.43 bits per heavy atom. The van der Waals surface area contributed by atoms with E-state index in [1.165, 1.54) is 18.2 Å². The standard InChI is InChI=1S/C15H9ClN2O3/c16-10-3-6-14-13(7-10)12(8-15(19)17-14)9-1-4-11(5-2-9)18(20)21/h1-8H,(H,17,19). The van der Waals surface area contributed by atoms with Gasteiger partial charge in [-0.15, -0.1) is 0 Å². The highest BCUT2D eigenvalue weighted by atomic mass is 35.5. The number of aromatic nitrogens is 1. The molecule has 0 aliphatic carbocycles. The number of fused-ring (bicyclic) bond motifs is 1. The number of H-pyrrole nitrogens is 1. The lowest BCUT2D eigenvalue weighted by atomic mass is 10.0. The van der Waals surface area contributed by atoms with Crippen molar-refractivity contribution in [2.75, 3.05) is 0 Å². The van der Waals surface area contributed by atoms with Gasteiger partial charge < -0.3 is 4.98 Å². The summed E-state index contributed by atoms with van der Waals surface area (Å²) >= 11 is 6.00. The van der Waals surface area contributed by atoms with Crippen molar-refractivity contribution >= 4 is 28.2 Å². The summed E-state index contributed by atoms with van der Waals surface area (Å²) in [4.78, 5) is 24.7. The van der Waals surface area contributed by atoms with Gasteiger partial charge in [-0.05, 0) is 41.5 Å². The van der Waals surface area contributed by atoms with Crippen LogP contribution in [0.1, 0.15) is 0 Å². The lowest BCUT2D eigenvalue weighted by Gasteiger charge is -2.07. The normalized spacial score (nSPS) is 10.7. The second-order valence-corrected chi connectivity index (χ2v) is 4.98. The molecule has 1 heterocycles. The number of nitro benzene ring substituents is 1. The molecule has 0 bridgehead atoms. The van der Waals surface area contributed by atoms with E-state index in [4.69, 9.17) is 11.6 Å². The molecular formula is C15H9ClN2O3. The van der Waals surface area contributed by atoms with Gasteiger partial charge in [-0.3, -0.25) is 14.9 Å². The lowest BCUT2D eigenvalue weighted by molar-refractivity contribution is -0.384. The molecule has 3 rings (SSSR count). The Balaban J connectivity index is 2.25. The van der Waals surface area contributed by atoms with E-state index in [1.807, 2.05) is 0 Å². The molecule has 0 amide bonds. The van der Waals surface area contributed by atoms with E-state index in [2.05, 4.69) is 4.98 Å². The van der Waals surface area contributed by atoms with E-state index < -0.39 is 4.92 Å². The first-order valence-corrected chi connectivity index (χ1v) is 6.50. The molecule has 3 aromatic rings. The molecule has 0 aliphatic heterocycles. The maximum absolute atomic E-state index is 11.7. The average molecular weight is 301 g/mol. The minimum Gasteiger partial charge on any atom is -0.322 e. The molecular weight excluding hydrogens is 292 g/mol. The summed E-state index contributed by atoms with van der Waals surface area (Å²) in [6, 6.07) is 12.7. The smallest absolute Gasteiger partial charge is 0.269 e. The summed E-state index contributed by atoms with van der Waals surface area (Å²) in [5.41, 5.74) is 1.84. The molecule has 0 unspecified atom stereocenters. The molecule has 6 heteroatoms. The van der Waals surface area contributed by atoms with Gasteiger partial charge >= 0.3 is 0 Å². The van der Waals surface area contributed by atoms with Crippen LogP contribution in [0.5, 0.6) is 0 Å². The zero-order valence-electron chi connectivity index (χ0n) is 10.7. The van der Waals surface area contributed by atoms with Crippen molar-refractivity contribution in [1.82, 2.24) is 4.98 Å². The summed E-state index contributed by atoms with van der Waals surface area (Å²) in [5.74, 6) is 0. The lowest BCUT2D eigenvalue weighted by Crippen LogP contribution is -2.04. The fourth-order valence-corrected chi connectivity index (χ4v) is 2.40. The van der Waals surface area contributed by atoms with Crippen LogP contribution in [0.25, 0.3) is 22.0 Å². The number of benzene rings is 2. The molecule has 5 nitrogen and oxygen atoms in total. The summed E-state index contributed by atoms with van der Waals surface area (Å²) in [6.07, 6.45) is 0. The van der Waals surface area contributed by atoms with Crippen LogP contribution in [0.15, 0.2) is 53.3 Å². The van der Waals surface area contributed by atoms with Crippen LogP contribution in [0, 0.1) is 10.1 Å². The Bertz CT molecular complexity index is 901. The summed E-state index contributed by atoms with van der Waals surface area (Å²) in [6.45, 7) is 0. The fourth-order valence-electron chi connectivity index (χ4n) is 2.23. The van der Waals surface area contributed by atoms with Crippen molar-refractivity contribution in [1.29, 1.82) is 0 Å². The van der Waals surface area contributed by atoms with Gasteiger partial charge in [0.1, 0.15) is 0 Å². The molecule has 0 atom stereocenters. The van der Waals surface area contributed by atoms with E-state index in [-0.39, 0.29) is 11.2 Å². The van der Waals surface area contributed by atoms with Crippen LogP contribution >= 0.6 is 11.6 Å². The van der Waals surface area contributed by atoms with Crippen LogP contribution < -0.4 is 5.56 Å². The SMILES string of the molecule is O=c1cc(-c2ccc([N+](=O)[O-])cc2)c2cc(Cl)ccc2[nH]1. The van der Waals surface area contributed by atoms with Gasteiger partial charge in [0.25, 0.3) is 5.69 Å². The summed E-state index contributed by atoms with van der Waals surface area (Å²) in [5, 5.41) is 12.0. The largest absolute Gasteiger partial charge is 0.322 e. The molecule has 0 saturated heterocycles. The molecule has 0 spiro atoms. The number of rotatable bonds is 2. The highest BCUT2D eigenvalue weighted by Gasteiger charge is 2.09. The van der Waals surface area contributed by atoms with Gasteiger partial charge in [-0.25, -0.2) is 0 Å². The highest BCUT2D eigenvalue weighted by molar-refractivity contribution is 6.31. The molecule has 1 aromatic heterocycles. The zero-order valence-corrected chi connectivity index (χ0v) is 11.4. The predicted octanol–water partition coefficient (Wildman–Crippen LogP) is 3.76. The molecule has 2 aromatic carbocycles. The predicted molar refractivity (Wildman–Crippen MR) is 81.7 cm³/mol. The maximum atomic E-state index is 11.7. The van der Waals surface area contributed by atoms with Crippen LogP contribution in [0.2, 0.25) is 5.02 Å². The van der Waals surface area contributed by atoms with Crippen molar-refractivity contribution < 1.29 is 4.92 Å². The summed E-state index contributed by atoms with van der Waals surface area (Å²) < 4.78 is 0. The number of nitrogens with zero attached hydrogens (tertiary/aromatic N) is 1. The Kier molecular flexibility index (Phi) is 3.19. The molecule has 0 radical (unpaired) electrons. The Hall–Kier alpha value is -2.66. The first-order chi connectivity index (χ1) is 10.0. The number of non-ortho nitro benzene ring substituents is 1. The summed E-state index contributed by atoms with van der Waals surface area (Å²) in [7, 11) is 0. The van der Waals surface area contributed by atoms with Gasteiger partial charge in [0, 0.05) is 34.1 Å². The number of nitro groups is 1. The number of aromatic amines is 1. The monoisotopic (exact) mass is 300 g/mol. The Morgan fingerprint density at radius 1 is 1.05 bits per heavy atom. The fraction of sp³-hybridized carbons (Fsp3) is 0. The van der Waals surface area contributed by atoms with Gasteiger partial charge in [0.05, 0.1) is 4.92 Å². The maximum Gasteiger partial charge on any atom is 0.269 e. The third kappa shape index (κ3) is 2.51. The van der Waals surface area contributed by atoms with Crippen LogP contribution in [0.4, 0.5) is 5.69 Å². The molecule has 0 saturated carbocycles. The van der Waals surface area contributed by atoms with Gasteiger partial charge in [-0.1, -0.05) is 11.6 Å². The quantitative estimate of drug-likeness (QED) is 0.578. The van der Waals surface area contributed by atoms with Gasteiger partial charge in [-0.2, -0.15) is 0 Å². The molecule has 0 fully saturated rings.